The zero-order chi connectivity index (χ0) is 24.4. The standard InChI is InChI=1S/C20H28N4O8/c1-10(21)17(28)22-14(9-15(26)27)18(29)23-13(8-12-6-4-3-5-7-12)19(30)24-16(11(2)25)20(31)32/h3-7,10-11,13-14,16,25H,8-9,21H2,1-2H3,(H,22,28)(H,23,29)(H,24,30)(H,26,27)(H,31,32). The maximum absolute atomic E-state index is 12.8. The largest absolute Gasteiger partial charge is 0.481 e. The summed E-state index contributed by atoms with van der Waals surface area (Å²) >= 11 is 0. The van der Waals surface area contributed by atoms with E-state index < -0.39 is 66.4 Å². The van der Waals surface area contributed by atoms with E-state index in [0.717, 1.165) is 0 Å². The van der Waals surface area contributed by atoms with Crippen LogP contribution in [0.5, 0.6) is 0 Å². The lowest BCUT2D eigenvalue weighted by Gasteiger charge is -2.25. The van der Waals surface area contributed by atoms with Crippen LogP contribution in [0.3, 0.4) is 0 Å². The van der Waals surface area contributed by atoms with Gasteiger partial charge in [-0.15, -0.1) is 0 Å². The topological polar surface area (TPSA) is 208 Å². The monoisotopic (exact) mass is 452 g/mol. The predicted molar refractivity (Wildman–Crippen MR) is 111 cm³/mol. The van der Waals surface area contributed by atoms with Crippen molar-refractivity contribution >= 4 is 29.7 Å². The highest BCUT2D eigenvalue weighted by atomic mass is 16.4. The van der Waals surface area contributed by atoms with Gasteiger partial charge in [0.1, 0.15) is 12.1 Å². The number of carbonyl (C=O) groups excluding carboxylic acids is 3. The van der Waals surface area contributed by atoms with Gasteiger partial charge in [0.15, 0.2) is 6.04 Å². The predicted octanol–water partition coefficient (Wildman–Crippen LogP) is -2.03. The van der Waals surface area contributed by atoms with E-state index in [1.807, 2.05) is 0 Å². The normalized spacial score (nSPS) is 15.4. The molecule has 1 rings (SSSR count). The van der Waals surface area contributed by atoms with Crippen LogP contribution in [0, 0.1) is 0 Å². The van der Waals surface area contributed by atoms with E-state index in [1.165, 1.54) is 13.8 Å². The fourth-order valence-corrected chi connectivity index (χ4v) is 2.66. The fraction of sp³-hybridized carbons (Fsp3) is 0.450. The third kappa shape index (κ3) is 8.70. The number of hydrogen-bond donors (Lipinski definition) is 7. The summed E-state index contributed by atoms with van der Waals surface area (Å²) in [6, 6.07) is 2.96. The van der Waals surface area contributed by atoms with Crippen molar-refractivity contribution < 1.29 is 39.3 Å². The van der Waals surface area contributed by atoms with Crippen molar-refractivity contribution in [3.63, 3.8) is 0 Å². The van der Waals surface area contributed by atoms with Crippen molar-refractivity contribution in [3.05, 3.63) is 35.9 Å². The van der Waals surface area contributed by atoms with Gasteiger partial charge in [-0.3, -0.25) is 19.2 Å². The van der Waals surface area contributed by atoms with Gasteiger partial charge in [-0.05, 0) is 19.4 Å². The molecule has 32 heavy (non-hydrogen) atoms. The number of nitrogens with two attached hydrogens (primary N) is 1. The summed E-state index contributed by atoms with van der Waals surface area (Å²) in [6.07, 6.45) is -2.25. The van der Waals surface area contributed by atoms with E-state index in [4.69, 9.17) is 10.8 Å². The van der Waals surface area contributed by atoms with E-state index in [1.54, 1.807) is 30.3 Å². The second-order valence-electron chi connectivity index (χ2n) is 7.26. The molecular weight excluding hydrogens is 424 g/mol. The number of hydrogen-bond acceptors (Lipinski definition) is 7. The molecule has 5 atom stereocenters. The van der Waals surface area contributed by atoms with Gasteiger partial charge in [-0.25, -0.2) is 4.79 Å². The Kier molecular flexibility index (Phi) is 10.3. The Bertz CT molecular complexity index is 828. The number of benzene rings is 1. The van der Waals surface area contributed by atoms with E-state index in [0.29, 0.717) is 5.56 Å². The number of carbonyl (C=O) groups is 5. The maximum atomic E-state index is 12.8. The lowest BCUT2D eigenvalue weighted by Crippen LogP contribution is -2.59. The average molecular weight is 452 g/mol. The van der Waals surface area contributed by atoms with Crippen molar-refractivity contribution in [2.75, 3.05) is 0 Å². The third-order valence-electron chi connectivity index (χ3n) is 4.39. The van der Waals surface area contributed by atoms with Crippen LogP contribution in [0.25, 0.3) is 0 Å². The highest BCUT2D eigenvalue weighted by Crippen LogP contribution is 2.06. The minimum Gasteiger partial charge on any atom is -0.481 e. The van der Waals surface area contributed by atoms with Crippen LogP contribution < -0.4 is 21.7 Å². The number of amides is 3. The molecule has 0 aliphatic heterocycles. The second-order valence-corrected chi connectivity index (χ2v) is 7.26. The van der Waals surface area contributed by atoms with Crippen LogP contribution in [-0.4, -0.2) is 75.3 Å². The van der Waals surface area contributed by atoms with Gasteiger partial charge in [0.25, 0.3) is 0 Å². The molecule has 0 fully saturated rings. The van der Waals surface area contributed by atoms with Crippen LogP contribution in [-0.2, 0) is 30.4 Å². The quantitative estimate of drug-likeness (QED) is 0.186. The lowest BCUT2D eigenvalue weighted by atomic mass is 10.0. The Morgan fingerprint density at radius 3 is 1.88 bits per heavy atom. The zero-order valence-electron chi connectivity index (χ0n) is 17.6. The molecule has 0 aromatic heterocycles. The summed E-state index contributed by atoms with van der Waals surface area (Å²) < 4.78 is 0. The summed E-state index contributed by atoms with van der Waals surface area (Å²) in [5.41, 5.74) is 6.06. The molecule has 0 radical (unpaired) electrons. The molecule has 1 aromatic carbocycles. The first kappa shape index (κ1) is 26.5. The minimum atomic E-state index is -1.63. The average Bonchev–Trinajstić information content (AvgIpc) is 2.70. The maximum Gasteiger partial charge on any atom is 0.328 e. The smallest absolute Gasteiger partial charge is 0.328 e. The molecule has 0 bridgehead atoms. The Morgan fingerprint density at radius 1 is 0.875 bits per heavy atom. The summed E-state index contributed by atoms with van der Waals surface area (Å²) in [6.45, 7) is 2.52. The number of rotatable bonds is 12. The highest BCUT2D eigenvalue weighted by Gasteiger charge is 2.32. The Hall–Kier alpha value is -3.51. The van der Waals surface area contributed by atoms with Crippen molar-refractivity contribution in [1.29, 1.82) is 0 Å². The molecule has 8 N–H and O–H groups in total. The first-order chi connectivity index (χ1) is 14.9. The fourth-order valence-electron chi connectivity index (χ4n) is 2.66. The van der Waals surface area contributed by atoms with Gasteiger partial charge >= 0.3 is 11.9 Å². The molecule has 176 valence electrons. The number of carboxylic acid groups (broad SMARTS) is 2. The van der Waals surface area contributed by atoms with Crippen LogP contribution in [0.1, 0.15) is 25.8 Å². The van der Waals surface area contributed by atoms with E-state index in [2.05, 4.69) is 16.0 Å². The molecule has 5 unspecified atom stereocenters. The molecule has 0 aliphatic rings. The zero-order valence-corrected chi connectivity index (χ0v) is 17.6. The highest BCUT2D eigenvalue weighted by molar-refractivity contribution is 5.95. The molecule has 0 heterocycles. The molecule has 0 saturated heterocycles. The van der Waals surface area contributed by atoms with Crippen molar-refractivity contribution in [2.24, 2.45) is 5.73 Å². The van der Waals surface area contributed by atoms with Gasteiger partial charge in [0.05, 0.1) is 18.6 Å². The number of carboxylic acids is 2. The molecule has 12 heteroatoms. The SMILES string of the molecule is CC(N)C(=O)NC(CC(=O)O)C(=O)NC(Cc1ccccc1)C(=O)NC(C(=O)O)C(C)O. The van der Waals surface area contributed by atoms with E-state index >= 15 is 0 Å². The molecule has 1 aromatic rings. The minimum absolute atomic E-state index is 0.0639. The van der Waals surface area contributed by atoms with Gasteiger partial charge in [0, 0.05) is 6.42 Å². The van der Waals surface area contributed by atoms with E-state index in [-0.39, 0.29) is 6.42 Å². The first-order valence-corrected chi connectivity index (χ1v) is 9.75. The first-order valence-electron chi connectivity index (χ1n) is 9.75. The molecule has 12 nitrogen and oxygen atoms in total. The van der Waals surface area contributed by atoms with Crippen LogP contribution >= 0.6 is 0 Å². The van der Waals surface area contributed by atoms with Crippen LogP contribution in [0.4, 0.5) is 0 Å². The molecular formula is C20H28N4O8. The third-order valence-corrected chi connectivity index (χ3v) is 4.39. The summed E-state index contributed by atoms with van der Waals surface area (Å²) in [5, 5.41) is 34.6. The number of aliphatic hydroxyl groups is 1. The molecule has 3 amide bonds. The van der Waals surface area contributed by atoms with Gasteiger partial charge in [0.2, 0.25) is 17.7 Å². The van der Waals surface area contributed by atoms with Crippen LogP contribution in [0.15, 0.2) is 30.3 Å². The molecule has 0 aliphatic carbocycles. The van der Waals surface area contributed by atoms with E-state index in [9.17, 15) is 34.2 Å². The van der Waals surface area contributed by atoms with Gasteiger partial charge < -0.3 is 37.0 Å². The Balaban J connectivity index is 3.12. The van der Waals surface area contributed by atoms with Crippen molar-refractivity contribution in [1.82, 2.24) is 16.0 Å². The number of aliphatic hydroxyl groups excluding tert-OH is 1. The Morgan fingerprint density at radius 2 is 1.41 bits per heavy atom. The Labute approximate surface area is 184 Å². The molecule has 0 spiro atoms. The summed E-state index contributed by atoms with van der Waals surface area (Å²) in [5.74, 6) is -5.51. The van der Waals surface area contributed by atoms with Crippen LogP contribution in [0.2, 0.25) is 0 Å². The second kappa shape index (κ2) is 12.4. The number of nitrogens with one attached hydrogen (secondary N) is 3. The lowest BCUT2D eigenvalue weighted by molar-refractivity contribution is -0.145. The van der Waals surface area contributed by atoms with Gasteiger partial charge in [-0.1, -0.05) is 30.3 Å². The summed E-state index contributed by atoms with van der Waals surface area (Å²) in [4.78, 5) is 59.8. The number of aliphatic carboxylic acids is 2. The van der Waals surface area contributed by atoms with Crippen molar-refractivity contribution in [2.45, 2.75) is 57.0 Å². The van der Waals surface area contributed by atoms with Crippen molar-refractivity contribution in [3.8, 4) is 0 Å². The molecule has 0 saturated carbocycles. The van der Waals surface area contributed by atoms with Gasteiger partial charge in [-0.2, -0.15) is 0 Å². The summed E-state index contributed by atoms with van der Waals surface area (Å²) in [7, 11) is 0.